The molecule has 3 aliphatic rings. The number of carbonyl (C=O) groups excluding carboxylic acids is 1. The van der Waals surface area contributed by atoms with Crippen LogP contribution in [0.25, 0.3) is 22.1 Å². The second kappa shape index (κ2) is 6.99. The lowest BCUT2D eigenvalue weighted by Crippen LogP contribution is -2.57. The summed E-state index contributed by atoms with van der Waals surface area (Å²) in [5.41, 5.74) is 2.75. The van der Waals surface area contributed by atoms with Crippen LogP contribution in [0.2, 0.25) is 0 Å². The van der Waals surface area contributed by atoms with Crippen LogP contribution in [0.15, 0.2) is 52.9 Å². The van der Waals surface area contributed by atoms with Crippen molar-refractivity contribution in [3.8, 4) is 16.9 Å². The average molecular weight is 376 g/mol. The number of para-hydroxylation sites is 1. The Balaban J connectivity index is 1.42. The third-order valence-corrected chi connectivity index (χ3v) is 6.14. The summed E-state index contributed by atoms with van der Waals surface area (Å²) in [5.74, 6) is 1.67. The number of rotatable bonds is 4. The van der Waals surface area contributed by atoms with Crippen molar-refractivity contribution < 1.29 is 13.9 Å². The molecule has 0 saturated carbocycles. The zero-order valence-corrected chi connectivity index (χ0v) is 16.0. The number of nitrogens with zero attached hydrogens (tertiary/aromatic N) is 1. The van der Waals surface area contributed by atoms with Gasteiger partial charge in [0, 0.05) is 23.5 Å². The van der Waals surface area contributed by atoms with E-state index < -0.39 is 0 Å². The van der Waals surface area contributed by atoms with Crippen LogP contribution in [-0.4, -0.2) is 43.6 Å². The molecule has 28 heavy (non-hydrogen) atoms. The van der Waals surface area contributed by atoms with Crippen molar-refractivity contribution in [2.75, 3.05) is 26.7 Å². The first-order chi connectivity index (χ1) is 13.7. The number of carbonyl (C=O) groups is 1. The number of amides is 1. The van der Waals surface area contributed by atoms with Crippen LogP contribution in [0, 0.1) is 5.92 Å². The van der Waals surface area contributed by atoms with Crippen molar-refractivity contribution in [1.29, 1.82) is 0 Å². The quantitative estimate of drug-likeness (QED) is 0.750. The smallest absolute Gasteiger partial charge is 0.287 e. The van der Waals surface area contributed by atoms with Crippen molar-refractivity contribution in [3.63, 3.8) is 0 Å². The first kappa shape index (κ1) is 17.3. The molecule has 1 atom stereocenters. The second-order valence-electron chi connectivity index (χ2n) is 7.78. The number of ether oxygens (including phenoxy) is 1. The van der Waals surface area contributed by atoms with E-state index in [0.29, 0.717) is 11.7 Å². The van der Waals surface area contributed by atoms with E-state index in [1.165, 1.54) is 12.8 Å². The van der Waals surface area contributed by atoms with Gasteiger partial charge in [0.15, 0.2) is 5.76 Å². The number of hydrogen-bond acceptors (Lipinski definition) is 4. The van der Waals surface area contributed by atoms with Gasteiger partial charge in [0.2, 0.25) is 0 Å². The zero-order valence-electron chi connectivity index (χ0n) is 16.0. The fourth-order valence-corrected chi connectivity index (χ4v) is 4.54. The van der Waals surface area contributed by atoms with E-state index in [1.807, 2.05) is 48.5 Å². The highest BCUT2D eigenvalue weighted by Crippen LogP contribution is 2.32. The third-order valence-electron chi connectivity index (χ3n) is 6.14. The van der Waals surface area contributed by atoms with E-state index in [2.05, 4.69) is 10.2 Å². The maximum absolute atomic E-state index is 12.9. The Kier molecular flexibility index (Phi) is 4.32. The molecule has 3 saturated heterocycles. The summed E-state index contributed by atoms with van der Waals surface area (Å²) >= 11 is 0. The van der Waals surface area contributed by atoms with Crippen LogP contribution in [0.5, 0.6) is 5.75 Å². The minimum atomic E-state index is -0.115. The number of furan rings is 1. The number of piperidine rings is 3. The van der Waals surface area contributed by atoms with Gasteiger partial charge in [0.1, 0.15) is 11.3 Å². The minimum absolute atomic E-state index is 0.115. The molecule has 2 bridgehead atoms. The Labute approximate surface area is 164 Å². The fourth-order valence-electron chi connectivity index (χ4n) is 4.54. The summed E-state index contributed by atoms with van der Waals surface area (Å²) in [5, 5.41) is 4.15. The SMILES string of the molecule is COc1ccc(-c2cccc3cc(C(=O)NC4CN5CCC4CC5)oc23)cc1. The van der Waals surface area contributed by atoms with E-state index in [9.17, 15) is 4.79 Å². The predicted molar refractivity (Wildman–Crippen MR) is 109 cm³/mol. The normalized spacial score (nSPS) is 23.7. The van der Waals surface area contributed by atoms with Crippen LogP contribution >= 0.6 is 0 Å². The summed E-state index contributed by atoms with van der Waals surface area (Å²) in [6.07, 6.45) is 2.35. The number of benzene rings is 2. The van der Waals surface area contributed by atoms with Crippen molar-refractivity contribution in [2.45, 2.75) is 18.9 Å². The molecule has 1 aromatic heterocycles. The molecule has 2 aromatic carbocycles. The van der Waals surface area contributed by atoms with Gasteiger partial charge in [-0.05, 0) is 55.6 Å². The molecular weight excluding hydrogens is 352 g/mol. The maximum Gasteiger partial charge on any atom is 0.287 e. The van der Waals surface area contributed by atoms with E-state index in [4.69, 9.17) is 9.15 Å². The van der Waals surface area contributed by atoms with Crippen LogP contribution in [-0.2, 0) is 0 Å². The van der Waals surface area contributed by atoms with Gasteiger partial charge < -0.3 is 19.4 Å². The molecule has 0 radical (unpaired) electrons. The van der Waals surface area contributed by atoms with Crippen molar-refractivity contribution in [2.24, 2.45) is 5.92 Å². The molecular formula is C23H24N2O3. The predicted octanol–water partition coefficient (Wildman–Crippen LogP) is 3.93. The van der Waals surface area contributed by atoms with E-state index >= 15 is 0 Å². The number of hydrogen-bond donors (Lipinski definition) is 1. The van der Waals surface area contributed by atoms with Crippen LogP contribution in [0.1, 0.15) is 23.4 Å². The Morgan fingerprint density at radius 1 is 1.14 bits per heavy atom. The topological polar surface area (TPSA) is 54.7 Å². The molecule has 0 aliphatic carbocycles. The van der Waals surface area contributed by atoms with Gasteiger partial charge in [0.05, 0.1) is 7.11 Å². The zero-order chi connectivity index (χ0) is 19.1. The van der Waals surface area contributed by atoms with Crippen LogP contribution in [0.4, 0.5) is 0 Å². The lowest BCUT2D eigenvalue weighted by molar-refractivity contribution is 0.0607. The molecule has 6 rings (SSSR count). The maximum atomic E-state index is 12.9. The Morgan fingerprint density at radius 3 is 2.61 bits per heavy atom. The number of methoxy groups -OCH3 is 1. The average Bonchev–Trinajstić information content (AvgIpc) is 3.19. The van der Waals surface area contributed by atoms with Gasteiger partial charge in [0.25, 0.3) is 5.91 Å². The van der Waals surface area contributed by atoms with Gasteiger partial charge in [-0.3, -0.25) is 4.79 Å². The summed E-state index contributed by atoms with van der Waals surface area (Å²) in [6.45, 7) is 3.27. The van der Waals surface area contributed by atoms with Gasteiger partial charge in [-0.25, -0.2) is 0 Å². The van der Waals surface area contributed by atoms with Crippen LogP contribution in [0.3, 0.4) is 0 Å². The number of nitrogens with one attached hydrogen (secondary N) is 1. The molecule has 144 valence electrons. The first-order valence-corrected chi connectivity index (χ1v) is 9.91. The van der Waals surface area contributed by atoms with Crippen LogP contribution < -0.4 is 10.1 Å². The largest absolute Gasteiger partial charge is 0.497 e. The van der Waals surface area contributed by atoms with Gasteiger partial charge in [-0.15, -0.1) is 0 Å². The second-order valence-corrected chi connectivity index (χ2v) is 7.78. The lowest BCUT2D eigenvalue weighted by atomic mass is 9.84. The lowest BCUT2D eigenvalue weighted by Gasteiger charge is -2.44. The third kappa shape index (κ3) is 3.06. The van der Waals surface area contributed by atoms with Crippen molar-refractivity contribution in [3.05, 3.63) is 54.3 Å². The molecule has 3 fully saturated rings. The molecule has 1 N–H and O–H groups in total. The molecule has 5 heteroatoms. The summed E-state index contributed by atoms with van der Waals surface area (Å²) in [7, 11) is 1.66. The molecule has 1 unspecified atom stereocenters. The molecule has 0 spiro atoms. The molecule has 3 aliphatic heterocycles. The summed E-state index contributed by atoms with van der Waals surface area (Å²) in [6, 6.07) is 15.9. The van der Waals surface area contributed by atoms with Crippen molar-refractivity contribution in [1.82, 2.24) is 10.2 Å². The Hall–Kier alpha value is -2.79. The number of fused-ring (bicyclic) bond motifs is 4. The van der Waals surface area contributed by atoms with Gasteiger partial charge in [-0.1, -0.05) is 30.3 Å². The molecule has 4 heterocycles. The highest BCUT2D eigenvalue weighted by Gasteiger charge is 2.35. The van der Waals surface area contributed by atoms with E-state index in [0.717, 1.165) is 47.5 Å². The first-order valence-electron chi connectivity index (χ1n) is 9.91. The highest BCUT2D eigenvalue weighted by molar-refractivity contribution is 6.00. The van der Waals surface area contributed by atoms with Gasteiger partial charge in [-0.2, -0.15) is 0 Å². The Morgan fingerprint density at radius 2 is 1.93 bits per heavy atom. The molecule has 5 nitrogen and oxygen atoms in total. The minimum Gasteiger partial charge on any atom is -0.497 e. The van der Waals surface area contributed by atoms with E-state index in [1.54, 1.807) is 7.11 Å². The van der Waals surface area contributed by atoms with E-state index in [-0.39, 0.29) is 11.9 Å². The summed E-state index contributed by atoms with van der Waals surface area (Å²) < 4.78 is 11.3. The fraction of sp³-hybridized carbons (Fsp3) is 0.348. The summed E-state index contributed by atoms with van der Waals surface area (Å²) in [4.78, 5) is 15.3. The highest BCUT2D eigenvalue weighted by atomic mass is 16.5. The Bertz CT molecular complexity index is 1000. The van der Waals surface area contributed by atoms with Gasteiger partial charge >= 0.3 is 0 Å². The standard InChI is InChI=1S/C23H24N2O3/c1-27-18-7-5-15(6-8-18)19-4-2-3-17-13-21(28-22(17)19)23(26)24-20-14-25-11-9-16(20)10-12-25/h2-8,13,16,20H,9-12,14H2,1H3,(H,24,26). The van der Waals surface area contributed by atoms with Crippen molar-refractivity contribution >= 4 is 16.9 Å². The monoisotopic (exact) mass is 376 g/mol. The molecule has 1 amide bonds. The molecule has 3 aromatic rings.